The highest BCUT2D eigenvalue weighted by atomic mass is 32.2. The van der Waals surface area contributed by atoms with E-state index in [-0.39, 0.29) is 0 Å². The standard InChI is InChI=1S/C17H21N3O3S/c21-24(22,20-11-4-5-12-20)16-8-9-17(19-14-16)18-10-13-23-15-6-2-1-3-7-15/h1-3,6-9,14H,4-5,10-13H2,(H,18,19)/p+1. The van der Waals surface area contributed by atoms with Crippen molar-refractivity contribution < 1.29 is 18.1 Å². The molecule has 2 N–H and O–H groups in total. The first-order valence-electron chi connectivity index (χ1n) is 8.10. The molecule has 1 aliphatic heterocycles. The van der Waals surface area contributed by atoms with Gasteiger partial charge in [-0.25, -0.2) is 13.4 Å². The quantitative estimate of drug-likeness (QED) is 0.774. The van der Waals surface area contributed by atoms with Crippen LogP contribution in [0.25, 0.3) is 0 Å². The van der Waals surface area contributed by atoms with Crippen LogP contribution in [-0.4, -0.2) is 39.0 Å². The van der Waals surface area contributed by atoms with Crippen molar-refractivity contribution in [2.75, 3.05) is 31.6 Å². The molecule has 2 heterocycles. The number of hydrogen-bond acceptors (Lipinski definition) is 4. The van der Waals surface area contributed by atoms with E-state index < -0.39 is 10.0 Å². The van der Waals surface area contributed by atoms with Crippen molar-refractivity contribution in [1.29, 1.82) is 0 Å². The molecule has 1 aromatic heterocycles. The van der Waals surface area contributed by atoms with E-state index >= 15 is 0 Å². The first-order chi connectivity index (χ1) is 11.7. The molecule has 128 valence electrons. The summed E-state index contributed by atoms with van der Waals surface area (Å²) in [6.07, 6.45) is 3.40. The van der Waals surface area contributed by atoms with Crippen LogP contribution in [0, 0.1) is 0 Å². The van der Waals surface area contributed by atoms with Crippen molar-refractivity contribution in [1.82, 2.24) is 4.31 Å². The van der Waals surface area contributed by atoms with Crippen molar-refractivity contribution in [3.05, 3.63) is 48.7 Å². The van der Waals surface area contributed by atoms with Crippen LogP contribution in [0.1, 0.15) is 12.8 Å². The lowest BCUT2D eigenvalue weighted by Crippen LogP contribution is -2.29. The maximum Gasteiger partial charge on any atom is 0.272 e. The predicted molar refractivity (Wildman–Crippen MR) is 91.4 cm³/mol. The molecule has 0 unspecified atom stereocenters. The van der Waals surface area contributed by atoms with Gasteiger partial charge in [-0.2, -0.15) is 4.31 Å². The number of sulfonamides is 1. The van der Waals surface area contributed by atoms with Crippen LogP contribution >= 0.6 is 0 Å². The zero-order valence-electron chi connectivity index (χ0n) is 13.4. The Bertz CT molecular complexity index is 742. The van der Waals surface area contributed by atoms with Crippen LogP contribution in [0.5, 0.6) is 5.75 Å². The molecule has 0 atom stereocenters. The normalized spacial score (nSPS) is 15.3. The number of aromatic nitrogens is 1. The molecule has 6 nitrogen and oxygen atoms in total. The van der Waals surface area contributed by atoms with Gasteiger partial charge < -0.3 is 4.74 Å². The summed E-state index contributed by atoms with van der Waals surface area (Å²) in [4.78, 5) is 3.29. The molecule has 1 aliphatic rings. The number of hydrogen-bond donors (Lipinski definition) is 1. The van der Waals surface area contributed by atoms with Crippen molar-refractivity contribution in [2.24, 2.45) is 0 Å². The third-order valence-corrected chi connectivity index (χ3v) is 5.81. The van der Waals surface area contributed by atoms with E-state index in [9.17, 15) is 8.42 Å². The number of pyridine rings is 1. The third kappa shape index (κ3) is 4.04. The van der Waals surface area contributed by atoms with Crippen molar-refractivity contribution in [3.63, 3.8) is 0 Å². The lowest BCUT2D eigenvalue weighted by Gasteiger charge is -2.14. The number of rotatable bonds is 7. The van der Waals surface area contributed by atoms with Gasteiger partial charge in [0.2, 0.25) is 10.0 Å². The Morgan fingerprint density at radius 2 is 1.83 bits per heavy atom. The Balaban J connectivity index is 1.51. The first kappa shape index (κ1) is 16.7. The van der Waals surface area contributed by atoms with Gasteiger partial charge in [-0.1, -0.05) is 18.2 Å². The van der Waals surface area contributed by atoms with Crippen LogP contribution in [0.2, 0.25) is 0 Å². The summed E-state index contributed by atoms with van der Waals surface area (Å²) in [5.41, 5.74) is 0. The number of para-hydroxylation sites is 1. The Labute approximate surface area is 142 Å². The van der Waals surface area contributed by atoms with Crippen molar-refractivity contribution >= 4 is 15.8 Å². The zero-order chi connectivity index (χ0) is 16.8. The second-order valence-electron chi connectivity index (χ2n) is 5.64. The number of nitrogens with zero attached hydrogens (tertiary/aromatic N) is 1. The Kier molecular flexibility index (Phi) is 5.32. The van der Waals surface area contributed by atoms with Gasteiger partial charge in [-0.05, 0) is 31.0 Å². The monoisotopic (exact) mass is 348 g/mol. The molecule has 0 aliphatic carbocycles. The molecule has 3 rings (SSSR count). The highest BCUT2D eigenvalue weighted by Gasteiger charge is 2.27. The van der Waals surface area contributed by atoms with Crippen LogP contribution in [-0.2, 0) is 10.0 Å². The SMILES string of the molecule is O=S(=O)(c1ccc(NCCOc2ccccc2)[nH+]c1)N1CCCC1. The number of nitrogens with one attached hydrogen (secondary N) is 2. The fourth-order valence-corrected chi connectivity index (χ4v) is 4.11. The van der Waals surface area contributed by atoms with Gasteiger partial charge in [0.05, 0.1) is 0 Å². The summed E-state index contributed by atoms with van der Waals surface area (Å²) >= 11 is 0. The molecule has 24 heavy (non-hydrogen) atoms. The van der Waals surface area contributed by atoms with Gasteiger partial charge in [0.15, 0.2) is 0 Å². The zero-order valence-corrected chi connectivity index (χ0v) is 14.3. The van der Waals surface area contributed by atoms with Gasteiger partial charge >= 0.3 is 0 Å². The lowest BCUT2D eigenvalue weighted by molar-refractivity contribution is -0.364. The van der Waals surface area contributed by atoms with Crippen LogP contribution in [0.15, 0.2) is 53.6 Å². The number of ether oxygens (including phenoxy) is 1. The molecule has 0 spiro atoms. The number of H-pyrrole nitrogens is 1. The van der Waals surface area contributed by atoms with Gasteiger partial charge in [0.25, 0.3) is 5.82 Å². The average Bonchev–Trinajstić information content (AvgIpc) is 3.16. The van der Waals surface area contributed by atoms with E-state index in [1.807, 2.05) is 30.3 Å². The second-order valence-corrected chi connectivity index (χ2v) is 7.58. The fourth-order valence-electron chi connectivity index (χ4n) is 2.63. The molecule has 0 radical (unpaired) electrons. The number of anilines is 1. The largest absolute Gasteiger partial charge is 0.490 e. The van der Waals surface area contributed by atoms with E-state index in [1.165, 1.54) is 10.5 Å². The van der Waals surface area contributed by atoms with E-state index in [1.54, 1.807) is 12.1 Å². The van der Waals surface area contributed by atoms with Crippen molar-refractivity contribution in [2.45, 2.75) is 17.7 Å². The van der Waals surface area contributed by atoms with Crippen LogP contribution in [0.4, 0.5) is 5.82 Å². The minimum Gasteiger partial charge on any atom is -0.490 e. The second kappa shape index (κ2) is 7.63. The molecule has 1 saturated heterocycles. The average molecular weight is 348 g/mol. The van der Waals surface area contributed by atoms with Crippen LogP contribution in [0.3, 0.4) is 0 Å². The molecule has 1 aromatic carbocycles. The highest BCUT2D eigenvalue weighted by molar-refractivity contribution is 7.89. The smallest absolute Gasteiger partial charge is 0.272 e. The third-order valence-electron chi connectivity index (χ3n) is 3.92. The van der Waals surface area contributed by atoms with Gasteiger partial charge in [-0.15, -0.1) is 0 Å². The van der Waals surface area contributed by atoms with Gasteiger partial charge in [-0.3, -0.25) is 5.32 Å². The minimum atomic E-state index is -3.37. The summed E-state index contributed by atoms with van der Waals surface area (Å²) in [6, 6.07) is 13.0. The molecule has 7 heteroatoms. The maximum atomic E-state index is 12.4. The molecule has 0 amide bonds. The minimum absolute atomic E-state index is 0.301. The summed E-state index contributed by atoms with van der Waals surface area (Å²) in [5, 5.41) is 3.17. The summed E-state index contributed by atoms with van der Waals surface area (Å²) < 4.78 is 32.0. The van der Waals surface area contributed by atoms with E-state index in [0.29, 0.717) is 31.1 Å². The lowest BCUT2D eigenvalue weighted by atomic mass is 10.3. The maximum absolute atomic E-state index is 12.4. The summed E-state index contributed by atoms with van der Waals surface area (Å²) in [7, 11) is -3.37. The fraction of sp³-hybridized carbons (Fsp3) is 0.353. The highest BCUT2D eigenvalue weighted by Crippen LogP contribution is 2.19. The molecule has 1 fully saturated rings. The molecular formula is C17H22N3O3S+. The van der Waals surface area contributed by atoms with E-state index in [0.717, 1.165) is 24.4 Å². The topological polar surface area (TPSA) is 72.8 Å². The van der Waals surface area contributed by atoms with Gasteiger partial charge in [0.1, 0.15) is 30.0 Å². The number of benzene rings is 1. The molecule has 0 bridgehead atoms. The van der Waals surface area contributed by atoms with E-state index in [2.05, 4.69) is 10.3 Å². The Morgan fingerprint density at radius 1 is 1.08 bits per heavy atom. The Hall–Kier alpha value is -2.12. The predicted octanol–water partition coefficient (Wildman–Crippen LogP) is 1.78. The Morgan fingerprint density at radius 3 is 2.50 bits per heavy atom. The van der Waals surface area contributed by atoms with E-state index in [4.69, 9.17) is 4.74 Å². The molecule has 0 saturated carbocycles. The van der Waals surface area contributed by atoms with Crippen molar-refractivity contribution in [3.8, 4) is 5.75 Å². The summed E-state index contributed by atoms with van der Waals surface area (Å²) in [5.74, 6) is 1.59. The molecule has 2 aromatic rings. The first-order valence-corrected chi connectivity index (χ1v) is 9.54. The molecular weight excluding hydrogens is 326 g/mol. The van der Waals surface area contributed by atoms with Crippen LogP contribution < -0.4 is 15.0 Å². The summed E-state index contributed by atoms with van der Waals surface area (Å²) in [6.45, 7) is 2.35. The number of aromatic amines is 1. The van der Waals surface area contributed by atoms with Gasteiger partial charge in [0, 0.05) is 19.2 Å².